The molecule has 45 heavy (non-hydrogen) atoms. The zero-order valence-electron chi connectivity index (χ0n) is 24.5. The van der Waals surface area contributed by atoms with E-state index in [-0.39, 0.29) is 17.7 Å². The van der Waals surface area contributed by atoms with Gasteiger partial charge in [-0.1, -0.05) is 17.3 Å². The number of fused-ring (bicyclic) bond motifs is 2. The summed E-state index contributed by atoms with van der Waals surface area (Å²) >= 11 is 0. The first-order valence-electron chi connectivity index (χ1n) is 14.8. The van der Waals surface area contributed by atoms with E-state index in [9.17, 15) is 14.3 Å². The molecule has 13 heteroatoms. The standard InChI is InChI=1S/C32H30FN9O3/c1-2-42-23(16-35-38-42)17-41-26-13-21(32(43)44)8-9-25(26)36-30(41)18-39-10-11-40(28-14-27(28)39)29-4-3-5-31(37-29)45-19-22-7-6-20(15-34)12-24(22)33/h3-9,12-13,16,27-28H,2,10-11,14,17-19H2,1H3,(H,43,44)/t27-,28+/m0/s1. The molecule has 1 aliphatic carbocycles. The molecule has 1 aliphatic heterocycles. The smallest absolute Gasteiger partial charge is 0.335 e. The number of aryl methyl sites for hydroxylation is 1. The maximum Gasteiger partial charge on any atom is 0.335 e. The number of pyridine rings is 1. The minimum atomic E-state index is -0.979. The van der Waals surface area contributed by atoms with Crippen LogP contribution in [0.5, 0.6) is 5.88 Å². The van der Waals surface area contributed by atoms with Crippen LogP contribution in [0.2, 0.25) is 0 Å². The largest absolute Gasteiger partial charge is 0.478 e. The van der Waals surface area contributed by atoms with Crippen molar-refractivity contribution in [3.05, 3.63) is 94.8 Å². The fraction of sp³-hybridized carbons (Fsp3) is 0.312. The molecule has 1 saturated carbocycles. The van der Waals surface area contributed by atoms with Crippen molar-refractivity contribution in [1.82, 2.24) is 34.4 Å². The van der Waals surface area contributed by atoms with E-state index in [4.69, 9.17) is 20.0 Å². The van der Waals surface area contributed by atoms with Gasteiger partial charge in [0, 0.05) is 43.3 Å². The van der Waals surface area contributed by atoms with E-state index < -0.39 is 11.8 Å². The van der Waals surface area contributed by atoms with Gasteiger partial charge in [0.05, 0.1) is 53.2 Å². The Morgan fingerprint density at radius 1 is 1.11 bits per heavy atom. The topological polar surface area (TPSA) is 138 Å². The number of aromatic carboxylic acids is 1. The Hall–Kier alpha value is -5.35. The van der Waals surface area contributed by atoms with Gasteiger partial charge in [-0.3, -0.25) is 4.90 Å². The van der Waals surface area contributed by atoms with Gasteiger partial charge in [-0.25, -0.2) is 18.9 Å². The molecule has 1 N–H and O–H groups in total. The second-order valence-electron chi connectivity index (χ2n) is 11.2. The number of imidazole rings is 1. The summed E-state index contributed by atoms with van der Waals surface area (Å²) in [7, 11) is 0. The molecule has 0 spiro atoms. The second kappa shape index (κ2) is 11.6. The first-order chi connectivity index (χ1) is 21.9. The van der Waals surface area contributed by atoms with Gasteiger partial charge in [-0.2, -0.15) is 10.2 Å². The number of anilines is 1. The van der Waals surface area contributed by atoms with E-state index in [1.807, 2.05) is 29.8 Å². The van der Waals surface area contributed by atoms with Crippen molar-refractivity contribution >= 4 is 22.8 Å². The molecule has 2 fully saturated rings. The van der Waals surface area contributed by atoms with E-state index in [0.717, 1.165) is 47.9 Å². The summed E-state index contributed by atoms with van der Waals surface area (Å²) < 4.78 is 24.1. The summed E-state index contributed by atoms with van der Waals surface area (Å²) in [5.41, 5.74) is 3.27. The van der Waals surface area contributed by atoms with Crippen LogP contribution < -0.4 is 9.64 Å². The predicted octanol–water partition coefficient (Wildman–Crippen LogP) is 3.84. The lowest BCUT2D eigenvalue weighted by molar-refractivity contribution is 0.0697. The molecule has 3 aromatic heterocycles. The number of carbonyl (C=O) groups is 1. The zero-order valence-corrected chi connectivity index (χ0v) is 24.5. The van der Waals surface area contributed by atoms with Crippen molar-refractivity contribution < 1.29 is 19.0 Å². The molecular formula is C32H30FN9O3. The number of piperazine rings is 1. The Bertz CT molecular complexity index is 1950. The molecule has 2 atom stereocenters. The van der Waals surface area contributed by atoms with Crippen molar-refractivity contribution in [3.8, 4) is 11.9 Å². The number of carboxylic acids is 1. The lowest BCUT2D eigenvalue weighted by Crippen LogP contribution is -2.46. The highest BCUT2D eigenvalue weighted by atomic mass is 19.1. The van der Waals surface area contributed by atoms with Crippen molar-refractivity contribution in [2.24, 2.45) is 0 Å². The number of benzene rings is 2. The molecule has 228 valence electrons. The third-order valence-corrected chi connectivity index (χ3v) is 8.52. The molecule has 0 radical (unpaired) electrons. The van der Waals surface area contributed by atoms with Gasteiger partial charge in [-0.15, -0.1) is 5.10 Å². The molecule has 2 aromatic carbocycles. The van der Waals surface area contributed by atoms with E-state index in [2.05, 4.69) is 24.7 Å². The fourth-order valence-corrected chi connectivity index (χ4v) is 6.09. The SMILES string of the molecule is CCn1nncc1Cn1c(CN2CCN(c3cccc(OCc4ccc(C#N)cc4F)n3)[C@@H]3C[C@@H]32)nc2ccc(C(=O)O)cc21. The number of nitriles is 1. The predicted molar refractivity (Wildman–Crippen MR) is 161 cm³/mol. The van der Waals surface area contributed by atoms with Crippen LogP contribution in [0, 0.1) is 17.1 Å². The van der Waals surface area contributed by atoms with Crippen molar-refractivity contribution in [1.29, 1.82) is 5.26 Å². The number of rotatable bonds is 10. The Balaban J connectivity index is 1.07. The summed E-state index contributed by atoms with van der Waals surface area (Å²) in [5, 5.41) is 26.8. The van der Waals surface area contributed by atoms with Crippen LogP contribution in [0.3, 0.4) is 0 Å². The summed E-state index contributed by atoms with van der Waals surface area (Å²) in [6.45, 7) is 5.35. The fourth-order valence-electron chi connectivity index (χ4n) is 6.09. The third kappa shape index (κ3) is 5.56. The Kier molecular flexibility index (Phi) is 7.34. The van der Waals surface area contributed by atoms with Gasteiger partial charge in [0.2, 0.25) is 5.88 Å². The van der Waals surface area contributed by atoms with Crippen LogP contribution in [0.15, 0.2) is 60.8 Å². The molecule has 2 aliphatic rings. The maximum absolute atomic E-state index is 14.3. The highest BCUT2D eigenvalue weighted by Gasteiger charge is 2.49. The van der Waals surface area contributed by atoms with Crippen molar-refractivity contribution in [2.45, 2.75) is 51.7 Å². The van der Waals surface area contributed by atoms with Crippen molar-refractivity contribution in [3.63, 3.8) is 0 Å². The van der Waals surface area contributed by atoms with Gasteiger partial charge in [-0.05, 0) is 49.7 Å². The summed E-state index contributed by atoms with van der Waals surface area (Å²) in [6, 6.07) is 17.5. The van der Waals surface area contributed by atoms with Crippen molar-refractivity contribution in [2.75, 3.05) is 18.0 Å². The number of ether oxygens (including phenoxy) is 1. The third-order valence-electron chi connectivity index (χ3n) is 8.52. The van der Waals surface area contributed by atoms with Crippen LogP contribution in [0.4, 0.5) is 10.2 Å². The van der Waals surface area contributed by atoms with Gasteiger partial charge in [0.1, 0.15) is 24.1 Å². The maximum atomic E-state index is 14.3. The summed E-state index contributed by atoms with van der Waals surface area (Å²) in [4.78, 5) is 26.1. The van der Waals surface area contributed by atoms with Gasteiger partial charge in [0.25, 0.3) is 0 Å². The average Bonchev–Trinajstić information content (AvgIpc) is 3.62. The molecular weight excluding hydrogens is 577 g/mol. The summed E-state index contributed by atoms with van der Waals surface area (Å²) in [6.07, 6.45) is 2.72. The zero-order chi connectivity index (χ0) is 31.1. The number of aromatic nitrogens is 6. The number of carboxylic acid groups (broad SMARTS) is 1. The number of nitrogens with zero attached hydrogens (tertiary/aromatic N) is 9. The Morgan fingerprint density at radius 3 is 2.80 bits per heavy atom. The average molecular weight is 608 g/mol. The van der Waals surface area contributed by atoms with E-state index in [1.54, 1.807) is 42.6 Å². The van der Waals surface area contributed by atoms with E-state index in [0.29, 0.717) is 43.2 Å². The lowest BCUT2D eigenvalue weighted by atomic mass is 10.1. The molecule has 0 amide bonds. The highest BCUT2D eigenvalue weighted by Crippen LogP contribution is 2.40. The van der Waals surface area contributed by atoms with Gasteiger partial charge >= 0.3 is 5.97 Å². The van der Waals surface area contributed by atoms with Gasteiger partial charge in [0.15, 0.2) is 0 Å². The normalized spacial score (nSPS) is 17.7. The summed E-state index contributed by atoms with van der Waals surface area (Å²) in [5.74, 6) is 0.623. The monoisotopic (exact) mass is 607 g/mol. The molecule has 0 unspecified atom stereocenters. The van der Waals surface area contributed by atoms with E-state index in [1.165, 1.54) is 6.07 Å². The Morgan fingerprint density at radius 2 is 2.00 bits per heavy atom. The van der Waals surface area contributed by atoms with Crippen LogP contribution in [0.25, 0.3) is 11.0 Å². The number of halogens is 1. The van der Waals surface area contributed by atoms with E-state index >= 15 is 0 Å². The first-order valence-corrected chi connectivity index (χ1v) is 14.8. The lowest BCUT2D eigenvalue weighted by Gasteiger charge is -2.34. The quantitative estimate of drug-likeness (QED) is 0.249. The van der Waals surface area contributed by atoms with Gasteiger partial charge < -0.3 is 19.3 Å². The second-order valence-corrected chi connectivity index (χ2v) is 11.2. The molecule has 1 saturated heterocycles. The van der Waals surface area contributed by atoms with Crippen LogP contribution >= 0.6 is 0 Å². The molecule has 0 bridgehead atoms. The molecule has 7 rings (SSSR count). The van der Waals surface area contributed by atoms with Crippen LogP contribution in [-0.4, -0.2) is 70.7 Å². The molecule has 12 nitrogen and oxygen atoms in total. The first kappa shape index (κ1) is 28.4. The minimum Gasteiger partial charge on any atom is -0.478 e. The highest BCUT2D eigenvalue weighted by molar-refractivity contribution is 5.92. The minimum absolute atomic E-state index is 0.0118. The molecule has 4 heterocycles. The number of hydrogen-bond acceptors (Lipinski definition) is 9. The number of hydrogen-bond donors (Lipinski definition) is 1. The van der Waals surface area contributed by atoms with Crippen LogP contribution in [0.1, 0.15) is 46.3 Å². The van der Waals surface area contributed by atoms with Crippen LogP contribution in [-0.2, 0) is 26.2 Å². The Labute approximate surface area is 257 Å². The molecule has 5 aromatic rings.